The van der Waals surface area contributed by atoms with Gasteiger partial charge in [0.2, 0.25) is 5.89 Å². The highest BCUT2D eigenvalue weighted by atomic mass is 16.5. The summed E-state index contributed by atoms with van der Waals surface area (Å²) >= 11 is 0. The zero-order chi connectivity index (χ0) is 15.5. The van der Waals surface area contributed by atoms with E-state index in [1.807, 2.05) is 0 Å². The number of hydrogen-bond acceptors (Lipinski definition) is 5. The molecule has 2 rings (SSSR count). The van der Waals surface area contributed by atoms with E-state index in [4.69, 9.17) is 10.3 Å². The Labute approximate surface area is 128 Å². The third-order valence-corrected chi connectivity index (χ3v) is 4.25. The quantitative estimate of drug-likeness (QED) is 0.904. The van der Waals surface area contributed by atoms with Crippen LogP contribution in [-0.4, -0.2) is 33.7 Å². The topological polar surface area (TPSA) is 68.2 Å². The molecule has 0 unspecified atom stereocenters. The Morgan fingerprint density at radius 1 is 1.24 bits per heavy atom. The van der Waals surface area contributed by atoms with Gasteiger partial charge in [-0.3, -0.25) is 4.90 Å². The molecule has 0 saturated heterocycles. The second-order valence-electron chi connectivity index (χ2n) is 7.30. The Balaban J connectivity index is 2.00. The summed E-state index contributed by atoms with van der Waals surface area (Å²) in [5.41, 5.74) is 5.95. The number of aromatic nitrogens is 2. The molecular formula is C16H30N4O. The van der Waals surface area contributed by atoms with E-state index in [0.717, 1.165) is 44.1 Å². The minimum Gasteiger partial charge on any atom is -0.338 e. The van der Waals surface area contributed by atoms with Crippen LogP contribution >= 0.6 is 0 Å². The molecule has 5 heteroatoms. The van der Waals surface area contributed by atoms with Crippen LogP contribution in [0.5, 0.6) is 0 Å². The molecule has 1 heterocycles. The molecule has 1 aromatic heterocycles. The van der Waals surface area contributed by atoms with Crippen LogP contribution in [0.4, 0.5) is 0 Å². The first kappa shape index (κ1) is 16.4. The van der Waals surface area contributed by atoms with Gasteiger partial charge in [0, 0.05) is 17.5 Å². The van der Waals surface area contributed by atoms with Gasteiger partial charge in [0.1, 0.15) is 0 Å². The van der Waals surface area contributed by atoms with Crippen molar-refractivity contribution >= 4 is 0 Å². The maximum absolute atomic E-state index is 6.02. The van der Waals surface area contributed by atoms with E-state index in [2.05, 4.69) is 42.7 Å². The van der Waals surface area contributed by atoms with Gasteiger partial charge in [-0.05, 0) is 38.6 Å². The van der Waals surface area contributed by atoms with Gasteiger partial charge >= 0.3 is 0 Å². The SMILES string of the molecule is CCCN(Cc1nc(C(C)(C)C)no1)C1CCC(N)CC1. The second kappa shape index (κ2) is 6.88. The van der Waals surface area contributed by atoms with Gasteiger partial charge in [-0.2, -0.15) is 4.98 Å². The lowest BCUT2D eigenvalue weighted by Crippen LogP contribution is -2.41. The molecule has 0 spiro atoms. The monoisotopic (exact) mass is 294 g/mol. The van der Waals surface area contributed by atoms with Gasteiger partial charge in [-0.1, -0.05) is 32.9 Å². The number of hydrogen-bond donors (Lipinski definition) is 1. The molecule has 0 aromatic carbocycles. The van der Waals surface area contributed by atoms with Crippen molar-refractivity contribution in [3.05, 3.63) is 11.7 Å². The summed E-state index contributed by atoms with van der Waals surface area (Å²) in [5.74, 6) is 1.53. The molecule has 0 atom stereocenters. The molecule has 2 N–H and O–H groups in total. The van der Waals surface area contributed by atoms with E-state index in [0.29, 0.717) is 12.1 Å². The fourth-order valence-corrected chi connectivity index (χ4v) is 2.94. The number of rotatable bonds is 5. The highest BCUT2D eigenvalue weighted by Gasteiger charge is 2.26. The standard InChI is InChI=1S/C16H30N4O/c1-5-10-20(13-8-6-12(17)7-9-13)11-14-18-15(19-21-14)16(2,3)4/h12-13H,5-11,17H2,1-4H3. The van der Waals surface area contributed by atoms with Gasteiger partial charge < -0.3 is 10.3 Å². The molecule has 21 heavy (non-hydrogen) atoms. The fraction of sp³-hybridized carbons (Fsp3) is 0.875. The number of nitrogens with two attached hydrogens (primary N) is 1. The summed E-state index contributed by atoms with van der Waals surface area (Å²) in [6.07, 6.45) is 5.76. The zero-order valence-electron chi connectivity index (χ0n) is 13.9. The lowest BCUT2D eigenvalue weighted by Gasteiger charge is -2.35. The molecule has 0 amide bonds. The normalized spacial score (nSPS) is 23.7. The molecule has 1 saturated carbocycles. The smallest absolute Gasteiger partial charge is 0.240 e. The Hall–Kier alpha value is -0.940. The van der Waals surface area contributed by atoms with E-state index in [1.54, 1.807) is 0 Å². The van der Waals surface area contributed by atoms with Crippen molar-refractivity contribution in [3.8, 4) is 0 Å². The molecule has 1 aliphatic rings. The van der Waals surface area contributed by atoms with Crippen LogP contribution in [0.3, 0.4) is 0 Å². The van der Waals surface area contributed by atoms with Crippen molar-refractivity contribution in [2.24, 2.45) is 5.73 Å². The van der Waals surface area contributed by atoms with E-state index < -0.39 is 0 Å². The molecule has 120 valence electrons. The van der Waals surface area contributed by atoms with Crippen LogP contribution in [0.15, 0.2) is 4.52 Å². The molecule has 1 fully saturated rings. The molecule has 5 nitrogen and oxygen atoms in total. The molecule has 1 aromatic rings. The predicted molar refractivity (Wildman–Crippen MR) is 83.9 cm³/mol. The minimum absolute atomic E-state index is 0.0606. The Bertz CT molecular complexity index is 430. The zero-order valence-corrected chi connectivity index (χ0v) is 13.9. The van der Waals surface area contributed by atoms with Gasteiger partial charge in [0.15, 0.2) is 5.82 Å². The van der Waals surface area contributed by atoms with Crippen molar-refractivity contribution in [1.29, 1.82) is 0 Å². The average Bonchev–Trinajstić information content (AvgIpc) is 2.88. The molecule has 0 bridgehead atoms. The molecule has 0 aliphatic heterocycles. The largest absolute Gasteiger partial charge is 0.338 e. The summed E-state index contributed by atoms with van der Waals surface area (Å²) in [6.45, 7) is 10.4. The maximum Gasteiger partial charge on any atom is 0.240 e. The summed E-state index contributed by atoms with van der Waals surface area (Å²) in [4.78, 5) is 7.06. The summed E-state index contributed by atoms with van der Waals surface area (Å²) in [5, 5.41) is 4.13. The first-order chi connectivity index (χ1) is 9.90. The van der Waals surface area contributed by atoms with Crippen LogP contribution < -0.4 is 5.73 Å². The third kappa shape index (κ3) is 4.51. The highest BCUT2D eigenvalue weighted by molar-refractivity contribution is 5.00. The van der Waals surface area contributed by atoms with Crippen molar-refractivity contribution < 1.29 is 4.52 Å². The van der Waals surface area contributed by atoms with Crippen molar-refractivity contribution in [1.82, 2.24) is 15.0 Å². The average molecular weight is 294 g/mol. The van der Waals surface area contributed by atoms with E-state index in [-0.39, 0.29) is 5.41 Å². The summed E-state index contributed by atoms with van der Waals surface area (Å²) < 4.78 is 5.45. The minimum atomic E-state index is -0.0606. The van der Waals surface area contributed by atoms with Gasteiger partial charge in [0.25, 0.3) is 0 Å². The van der Waals surface area contributed by atoms with Crippen LogP contribution in [0.1, 0.15) is 71.5 Å². The van der Waals surface area contributed by atoms with Crippen LogP contribution in [-0.2, 0) is 12.0 Å². The first-order valence-electron chi connectivity index (χ1n) is 8.23. The van der Waals surface area contributed by atoms with Crippen LogP contribution in [0.2, 0.25) is 0 Å². The van der Waals surface area contributed by atoms with Crippen LogP contribution in [0.25, 0.3) is 0 Å². The lowest BCUT2D eigenvalue weighted by molar-refractivity contribution is 0.126. The summed E-state index contributed by atoms with van der Waals surface area (Å²) in [7, 11) is 0. The van der Waals surface area contributed by atoms with Crippen molar-refractivity contribution in [2.75, 3.05) is 6.54 Å². The Kier molecular flexibility index (Phi) is 5.38. The Morgan fingerprint density at radius 3 is 2.43 bits per heavy atom. The van der Waals surface area contributed by atoms with E-state index in [9.17, 15) is 0 Å². The van der Waals surface area contributed by atoms with Crippen molar-refractivity contribution in [2.45, 2.75) is 83.8 Å². The number of nitrogens with zero attached hydrogens (tertiary/aromatic N) is 3. The molecule has 1 aliphatic carbocycles. The molecular weight excluding hydrogens is 264 g/mol. The second-order valence-corrected chi connectivity index (χ2v) is 7.30. The van der Waals surface area contributed by atoms with E-state index in [1.165, 1.54) is 12.8 Å². The fourth-order valence-electron chi connectivity index (χ4n) is 2.94. The van der Waals surface area contributed by atoms with Gasteiger partial charge in [-0.25, -0.2) is 0 Å². The van der Waals surface area contributed by atoms with Crippen LogP contribution in [0, 0.1) is 0 Å². The van der Waals surface area contributed by atoms with Gasteiger partial charge in [0.05, 0.1) is 6.54 Å². The third-order valence-electron chi connectivity index (χ3n) is 4.25. The Morgan fingerprint density at radius 2 is 1.90 bits per heavy atom. The maximum atomic E-state index is 6.02. The highest BCUT2D eigenvalue weighted by Crippen LogP contribution is 2.24. The predicted octanol–water partition coefficient (Wildman–Crippen LogP) is 2.85. The lowest BCUT2D eigenvalue weighted by atomic mass is 9.90. The molecule has 0 radical (unpaired) electrons. The van der Waals surface area contributed by atoms with E-state index >= 15 is 0 Å². The van der Waals surface area contributed by atoms with Gasteiger partial charge in [-0.15, -0.1) is 0 Å². The summed E-state index contributed by atoms with van der Waals surface area (Å²) in [6, 6.07) is 0.996. The first-order valence-corrected chi connectivity index (χ1v) is 8.23. The van der Waals surface area contributed by atoms with Crippen molar-refractivity contribution in [3.63, 3.8) is 0 Å².